The molecule has 80 valence electrons. The molecule has 0 bridgehead atoms. The summed E-state index contributed by atoms with van der Waals surface area (Å²) in [5.41, 5.74) is 4.06. The van der Waals surface area contributed by atoms with Gasteiger partial charge in [-0.3, -0.25) is 0 Å². The van der Waals surface area contributed by atoms with E-state index in [0.29, 0.717) is 0 Å². The van der Waals surface area contributed by atoms with Crippen LogP contribution < -0.4 is 0 Å². The Balaban J connectivity index is 0. The first-order chi connectivity index (χ1) is 6.60. The standard InChI is InChI=1S/C9H12.CO.2ClH.Os/c1-7-4-8(2)6-9(3)5-7;1-2;;;/h4-6H,1-3H3;;2*1H;/q;;;;+2/p-2. The van der Waals surface area contributed by atoms with Crippen molar-refractivity contribution in [3.63, 3.8) is 0 Å². The third-order valence-electron chi connectivity index (χ3n) is 1.37. The van der Waals surface area contributed by atoms with Gasteiger partial charge in [0.15, 0.2) is 0 Å². The number of hydrogen-bond acceptors (Lipinski definition) is 0. The molecule has 0 N–H and O–H groups in total. The van der Waals surface area contributed by atoms with Crippen LogP contribution in [0.1, 0.15) is 16.7 Å². The predicted octanol–water partition coefficient (Wildman–Crippen LogP) is 3.95. The van der Waals surface area contributed by atoms with Crippen molar-refractivity contribution in [2.45, 2.75) is 20.8 Å². The van der Waals surface area contributed by atoms with Crippen LogP contribution in [-0.4, -0.2) is 0 Å². The van der Waals surface area contributed by atoms with E-state index in [2.05, 4.69) is 45.6 Å². The van der Waals surface area contributed by atoms with Crippen LogP contribution in [0.3, 0.4) is 0 Å². The Bertz CT molecular complexity index is 224. The van der Waals surface area contributed by atoms with Gasteiger partial charge in [-0.1, -0.05) is 34.9 Å². The van der Waals surface area contributed by atoms with Crippen molar-refractivity contribution in [2.75, 3.05) is 0 Å². The van der Waals surface area contributed by atoms with Crippen LogP contribution >= 0.6 is 19.3 Å². The second-order valence-electron chi connectivity index (χ2n) is 2.72. The SMILES string of the molecule is Cc1cc(C)cc(C)c1.[C-]#[O+].[Cl][Os][Cl]. The van der Waals surface area contributed by atoms with Crippen LogP contribution in [-0.2, 0) is 20.1 Å². The summed E-state index contributed by atoms with van der Waals surface area (Å²) < 4.78 is 7.50. The quantitative estimate of drug-likeness (QED) is 0.457. The van der Waals surface area contributed by atoms with Crippen molar-refractivity contribution in [3.8, 4) is 0 Å². The minimum absolute atomic E-state index is 0.639. The fraction of sp³-hybridized carbons (Fsp3) is 0.300. The van der Waals surface area contributed by atoms with E-state index >= 15 is 0 Å². The molecule has 1 nitrogen and oxygen atoms in total. The molecule has 0 saturated heterocycles. The summed E-state index contributed by atoms with van der Waals surface area (Å²) in [5, 5.41) is 0. The van der Waals surface area contributed by atoms with Gasteiger partial charge in [-0.2, -0.15) is 0 Å². The number of rotatable bonds is 0. The van der Waals surface area contributed by atoms with E-state index in [1.165, 1.54) is 16.7 Å². The van der Waals surface area contributed by atoms with Gasteiger partial charge in [0.1, 0.15) is 0 Å². The molecule has 14 heavy (non-hydrogen) atoms. The third-order valence-corrected chi connectivity index (χ3v) is 1.37. The second kappa shape index (κ2) is 11.3. The molecule has 4 heteroatoms. The molecule has 1 rings (SSSR count). The first kappa shape index (κ1) is 16.6. The van der Waals surface area contributed by atoms with Gasteiger partial charge in [0.2, 0.25) is 0 Å². The summed E-state index contributed by atoms with van der Waals surface area (Å²) in [6.45, 7) is 10.9. The zero-order valence-corrected chi connectivity index (χ0v) is 12.3. The van der Waals surface area contributed by atoms with Gasteiger partial charge in [-0.05, 0) is 20.8 Å². The van der Waals surface area contributed by atoms with Gasteiger partial charge in [0, 0.05) is 0 Å². The van der Waals surface area contributed by atoms with E-state index in [0.717, 1.165) is 0 Å². The monoisotopic (exact) mass is 410 g/mol. The number of halogens is 2. The summed E-state index contributed by atoms with van der Waals surface area (Å²) in [5.74, 6) is 0. The van der Waals surface area contributed by atoms with Crippen LogP contribution in [0.4, 0.5) is 0 Å². The van der Waals surface area contributed by atoms with Crippen LogP contribution in [0.15, 0.2) is 18.2 Å². The molecule has 0 aliphatic rings. The van der Waals surface area contributed by atoms with Crippen molar-refractivity contribution >= 4 is 19.3 Å². The summed E-state index contributed by atoms with van der Waals surface area (Å²) in [6.07, 6.45) is 0. The Hall–Kier alpha value is 0.176. The molecule has 0 spiro atoms. The van der Waals surface area contributed by atoms with Crippen molar-refractivity contribution in [3.05, 3.63) is 41.5 Å². The van der Waals surface area contributed by atoms with Crippen molar-refractivity contribution in [1.29, 1.82) is 0 Å². The number of benzene rings is 1. The average Bonchev–Trinajstić information content (AvgIpc) is 2.06. The van der Waals surface area contributed by atoms with Crippen LogP contribution in [0.25, 0.3) is 0 Å². The van der Waals surface area contributed by atoms with Crippen LogP contribution in [0.2, 0.25) is 0 Å². The van der Waals surface area contributed by atoms with E-state index in [-0.39, 0.29) is 0 Å². The van der Waals surface area contributed by atoms with E-state index < -0.39 is 15.4 Å². The molecular formula is C10H12Cl2OOs. The van der Waals surface area contributed by atoms with Crippen molar-refractivity contribution in [1.82, 2.24) is 0 Å². The normalized spacial score (nSPS) is 7.93. The zero-order chi connectivity index (χ0) is 11.6. The molecule has 0 amide bonds. The fourth-order valence-electron chi connectivity index (χ4n) is 1.20. The topological polar surface area (TPSA) is 19.9 Å². The maximum atomic E-state index is 7.50. The zero-order valence-electron chi connectivity index (χ0n) is 8.25. The molecule has 1 aromatic rings. The average molecular weight is 409 g/mol. The van der Waals surface area contributed by atoms with Gasteiger partial charge in [-0.25, -0.2) is 0 Å². The Morgan fingerprint density at radius 2 is 1.07 bits per heavy atom. The van der Waals surface area contributed by atoms with E-state index in [4.69, 9.17) is 23.9 Å². The van der Waals surface area contributed by atoms with E-state index in [9.17, 15) is 0 Å². The first-order valence-corrected chi connectivity index (χ1v) is 10.00. The second-order valence-corrected chi connectivity index (χ2v) is 6.39. The summed E-state index contributed by atoms with van der Waals surface area (Å²) >= 11 is -0.639. The Labute approximate surface area is 101 Å². The van der Waals surface area contributed by atoms with Gasteiger partial charge in [0.25, 0.3) is 0 Å². The van der Waals surface area contributed by atoms with E-state index in [1.807, 2.05) is 0 Å². The summed E-state index contributed by atoms with van der Waals surface area (Å²) in [7, 11) is 9.81. The predicted molar refractivity (Wildman–Crippen MR) is 56.3 cm³/mol. The summed E-state index contributed by atoms with van der Waals surface area (Å²) in [4.78, 5) is 0. The molecule has 0 unspecified atom stereocenters. The van der Waals surface area contributed by atoms with Crippen LogP contribution in [0.5, 0.6) is 0 Å². The molecule has 0 aliphatic carbocycles. The molecular weight excluding hydrogens is 397 g/mol. The van der Waals surface area contributed by atoms with Gasteiger partial charge in [0.05, 0.1) is 0 Å². The van der Waals surface area contributed by atoms with Gasteiger partial charge >= 0.3 is 46.0 Å². The summed E-state index contributed by atoms with van der Waals surface area (Å²) in [6, 6.07) is 6.56. The maximum absolute atomic E-state index is 7.50. The Morgan fingerprint density at radius 3 is 1.21 bits per heavy atom. The number of aryl methyl sites for hydroxylation is 3. The molecule has 0 radical (unpaired) electrons. The molecule has 0 saturated carbocycles. The van der Waals surface area contributed by atoms with Crippen molar-refractivity contribution in [2.24, 2.45) is 0 Å². The Morgan fingerprint density at radius 1 is 0.929 bits per heavy atom. The minimum atomic E-state index is -0.639. The van der Waals surface area contributed by atoms with Crippen molar-refractivity contribution < 1.29 is 20.1 Å². The molecule has 0 heterocycles. The van der Waals surface area contributed by atoms with Crippen LogP contribution in [0, 0.1) is 27.4 Å². The molecule has 0 aliphatic heterocycles. The molecule has 1 aromatic carbocycles. The van der Waals surface area contributed by atoms with Gasteiger partial charge in [-0.15, -0.1) is 0 Å². The third kappa shape index (κ3) is 10.3. The van der Waals surface area contributed by atoms with Gasteiger partial charge < -0.3 is 0 Å². The molecule has 0 fully saturated rings. The molecule has 0 aromatic heterocycles. The first-order valence-electron chi connectivity index (χ1n) is 3.70. The number of hydrogen-bond donors (Lipinski definition) is 0. The Kier molecular flexibility index (Phi) is 13.3. The fourth-order valence-corrected chi connectivity index (χ4v) is 1.20. The molecule has 0 atom stereocenters. The van der Waals surface area contributed by atoms with E-state index in [1.54, 1.807) is 0 Å².